The number of unbranched alkanes of at least 4 members (excludes halogenated alkanes) is 1. The molecule has 0 saturated heterocycles. The zero-order valence-corrected chi connectivity index (χ0v) is 12.7. The van der Waals surface area contributed by atoms with E-state index < -0.39 is 0 Å². The van der Waals surface area contributed by atoms with Crippen molar-refractivity contribution in [1.29, 1.82) is 0 Å². The fourth-order valence-electron chi connectivity index (χ4n) is 3.09. The van der Waals surface area contributed by atoms with Gasteiger partial charge in [-0.1, -0.05) is 32.6 Å². The highest BCUT2D eigenvalue weighted by Gasteiger charge is 2.27. The molecule has 0 aliphatic heterocycles. The van der Waals surface area contributed by atoms with Gasteiger partial charge in [0.15, 0.2) is 5.78 Å². The number of hydrogen-bond donors (Lipinski definition) is 2. The molecule has 1 aliphatic rings. The monoisotopic (exact) mass is 277 g/mol. The van der Waals surface area contributed by atoms with Crippen LogP contribution in [0.3, 0.4) is 0 Å². The second-order valence-electron chi connectivity index (χ2n) is 5.98. The predicted octanol–water partition coefficient (Wildman–Crippen LogP) is 3.70. The number of aryl methyl sites for hydroxylation is 1. The maximum Gasteiger partial charge on any atom is 0.152 e. The summed E-state index contributed by atoms with van der Waals surface area (Å²) in [6.45, 7) is 3.87. The number of carbonyl (C=O) groups excluding carboxylic acids is 1. The van der Waals surface area contributed by atoms with Crippen LogP contribution < -0.4 is 5.32 Å². The van der Waals surface area contributed by atoms with Gasteiger partial charge in [0.05, 0.1) is 12.2 Å². The number of ketones is 1. The summed E-state index contributed by atoms with van der Waals surface area (Å²) in [6.07, 6.45) is 11.2. The molecule has 4 heteroatoms. The molecule has 1 aromatic rings. The van der Waals surface area contributed by atoms with Crippen LogP contribution in [0, 0.1) is 5.92 Å². The molecule has 1 atom stereocenters. The number of aromatic nitrogens is 2. The first-order valence-corrected chi connectivity index (χ1v) is 8.01. The lowest BCUT2D eigenvalue weighted by Crippen LogP contribution is -2.36. The molecule has 1 aliphatic carbocycles. The smallest absolute Gasteiger partial charge is 0.152 e. The number of aromatic amines is 1. The number of anilines is 1. The lowest BCUT2D eigenvalue weighted by molar-refractivity contribution is -0.119. The van der Waals surface area contributed by atoms with Crippen LogP contribution in [0.15, 0.2) is 6.20 Å². The minimum atomic E-state index is -0.0604. The van der Waals surface area contributed by atoms with Crippen molar-refractivity contribution in [3.8, 4) is 0 Å². The van der Waals surface area contributed by atoms with Crippen LogP contribution in [0.1, 0.15) is 64.6 Å². The van der Waals surface area contributed by atoms with Gasteiger partial charge < -0.3 is 10.3 Å². The summed E-state index contributed by atoms with van der Waals surface area (Å²) in [7, 11) is 0. The number of hydrogen-bond acceptors (Lipinski definition) is 3. The first-order chi connectivity index (χ1) is 9.70. The molecular formula is C16H27N3O. The van der Waals surface area contributed by atoms with Gasteiger partial charge in [-0.2, -0.15) is 0 Å². The second-order valence-corrected chi connectivity index (χ2v) is 5.98. The summed E-state index contributed by atoms with van der Waals surface area (Å²) >= 11 is 0. The van der Waals surface area contributed by atoms with Crippen molar-refractivity contribution >= 4 is 11.6 Å². The van der Waals surface area contributed by atoms with Crippen molar-refractivity contribution in [2.24, 2.45) is 5.92 Å². The topological polar surface area (TPSA) is 57.8 Å². The molecule has 4 nitrogen and oxygen atoms in total. The number of rotatable bonds is 7. The number of H-pyrrole nitrogens is 1. The van der Waals surface area contributed by atoms with Crippen LogP contribution in [-0.4, -0.2) is 21.8 Å². The fraction of sp³-hybridized carbons (Fsp3) is 0.750. The van der Waals surface area contributed by atoms with Gasteiger partial charge in [-0.3, -0.25) is 4.79 Å². The average molecular weight is 277 g/mol. The largest absolute Gasteiger partial charge is 0.360 e. The van der Waals surface area contributed by atoms with Crippen LogP contribution in [0.4, 0.5) is 5.82 Å². The highest BCUT2D eigenvalue weighted by Crippen LogP contribution is 2.28. The van der Waals surface area contributed by atoms with Gasteiger partial charge in [0.1, 0.15) is 11.6 Å². The number of carbonyl (C=O) groups is 1. The van der Waals surface area contributed by atoms with E-state index in [1.807, 2.05) is 6.20 Å². The number of Topliss-reactive ketones (excluding diaryl/α,β-unsaturated/α-hetero) is 1. The molecule has 0 radical (unpaired) electrons. The molecule has 0 bridgehead atoms. The van der Waals surface area contributed by atoms with Crippen molar-refractivity contribution in [3.63, 3.8) is 0 Å². The summed E-state index contributed by atoms with van der Waals surface area (Å²) in [5.41, 5.74) is 0. The molecular weight excluding hydrogens is 250 g/mol. The zero-order chi connectivity index (χ0) is 14.4. The predicted molar refractivity (Wildman–Crippen MR) is 81.9 cm³/mol. The Hall–Kier alpha value is -1.32. The van der Waals surface area contributed by atoms with Gasteiger partial charge >= 0.3 is 0 Å². The molecule has 0 amide bonds. The highest BCUT2D eigenvalue weighted by atomic mass is 16.1. The summed E-state index contributed by atoms with van der Waals surface area (Å²) in [6, 6.07) is -0.0604. The van der Waals surface area contributed by atoms with Crippen molar-refractivity contribution in [1.82, 2.24) is 9.97 Å². The summed E-state index contributed by atoms with van der Waals surface area (Å²) < 4.78 is 0. The Labute approximate surface area is 121 Å². The number of imidazole rings is 1. The summed E-state index contributed by atoms with van der Waals surface area (Å²) in [5, 5.41) is 3.38. The van der Waals surface area contributed by atoms with Crippen molar-refractivity contribution in [3.05, 3.63) is 12.0 Å². The molecule has 1 fully saturated rings. The number of nitrogens with zero attached hydrogens (tertiary/aromatic N) is 1. The first-order valence-electron chi connectivity index (χ1n) is 8.01. The van der Waals surface area contributed by atoms with E-state index in [1.165, 1.54) is 25.7 Å². The standard InChI is InChI=1S/C16H27N3O/c1-3-4-10-14-17-11-15(18-14)19-16(12(2)20)13-8-6-5-7-9-13/h11,13,16,19H,3-10H2,1-2H3,(H,17,18). The van der Waals surface area contributed by atoms with E-state index in [2.05, 4.69) is 22.2 Å². The van der Waals surface area contributed by atoms with Gasteiger partial charge in [-0.15, -0.1) is 0 Å². The third kappa shape index (κ3) is 4.09. The fourth-order valence-corrected chi connectivity index (χ4v) is 3.09. The molecule has 2 N–H and O–H groups in total. The van der Waals surface area contributed by atoms with E-state index in [9.17, 15) is 4.79 Å². The van der Waals surface area contributed by atoms with Gasteiger partial charge in [-0.05, 0) is 32.1 Å². The first kappa shape index (κ1) is 15.1. The molecule has 0 spiro atoms. The molecule has 112 valence electrons. The van der Waals surface area contributed by atoms with E-state index in [1.54, 1.807) is 6.92 Å². The molecule has 1 unspecified atom stereocenters. The van der Waals surface area contributed by atoms with Crippen molar-refractivity contribution in [2.75, 3.05) is 5.32 Å². The molecule has 20 heavy (non-hydrogen) atoms. The van der Waals surface area contributed by atoms with E-state index in [0.717, 1.165) is 37.3 Å². The normalized spacial score (nSPS) is 17.9. The minimum Gasteiger partial charge on any atom is -0.360 e. The molecule has 1 saturated carbocycles. The molecule has 0 aromatic carbocycles. The average Bonchev–Trinajstić information content (AvgIpc) is 2.91. The lowest BCUT2D eigenvalue weighted by atomic mass is 9.82. The number of nitrogens with one attached hydrogen (secondary N) is 2. The highest BCUT2D eigenvalue weighted by molar-refractivity contribution is 5.84. The minimum absolute atomic E-state index is 0.0604. The van der Waals surface area contributed by atoms with Crippen LogP contribution >= 0.6 is 0 Å². The molecule has 2 rings (SSSR count). The van der Waals surface area contributed by atoms with Crippen LogP contribution in [0.5, 0.6) is 0 Å². The Bertz CT molecular complexity index is 421. The van der Waals surface area contributed by atoms with Crippen molar-refractivity contribution < 1.29 is 4.79 Å². The summed E-state index contributed by atoms with van der Waals surface area (Å²) in [4.78, 5) is 19.6. The molecule has 1 aromatic heterocycles. The zero-order valence-electron chi connectivity index (χ0n) is 12.7. The maximum atomic E-state index is 11.9. The van der Waals surface area contributed by atoms with Gasteiger partial charge in [0.2, 0.25) is 0 Å². The van der Waals surface area contributed by atoms with E-state index in [4.69, 9.17) is 0 Å². The van der Waals surface area contributed by atoms with E-state index >= 15 is 0 Å². The third-order valence-electron chi connectivity index (χ3n) is 4.27. The Morgan fingerprint density at radius 2 is 2.20 bits per heavy atom. The van der Waals surface area contributed by atoms with Gasteiger partial charge in [0, 0.05) is 6.42 Å². The van der Waals surface area contributed by atoms with Crippen LogP contribution in [-0.2, 0) is 11.2 Å². The van der Waals surface area contributed by atoms with Gasteiger partial charge in [-0.25, -0.2) is 4.98 Å². The van der Waals surface area contributed by atoms with E-state index in [0.29, 0.717) is 5.92 Å². The molecule has 1 heterocycles. The Balaban J connectivity index is 1.96. The third-order valence-corrected chi connectivity index (χ3v) is 4.27. The quantitative estimate of drug-likeness (QED) is 0.799. The van der Waals surface area contributed by atoms with Crippen LogP contribution in [0.25, 0.3) is 0 Å². The van der Waals surface area contributed by atoms with E-state index in [-0.39, 0.29) is 11.8 Å². The SMILES string of the molecule is CCCCc1ncc(NC(C(C)=O)C2CCCCC2)[nH]1. The lowest BCUT2D eigenvalue weighted by Gasteiger charge is -2.29. The Morgan fingerprint density at radius 1 is 1.45 bits per heavy atom. The van der Waals surface area contributed by atoms with Crippen LogP contribution in [0.2, 0.25) is 0 Å². The second kappa shape index (κ2) is 7.46. The Kier molecular flexibility index (Phi) is 5.62. The summed E-state index contributed by atoms with van der Waals surface area (Å²) in [5.74, 6) is 2.62. The van der Waals surface area contributed by atoms with Gasteiger partial charge in [0.25, 0.3) is 0 Å². The maximum absolute atomic E-state index is 11.9. The Morgan fingerprint density at radius 3 is 2.85 bits per heavy atom. The van der Waals surface area contributed by atoms with Crippen molar-refractivity contribution in [2.45, 2.75) is 71.3 Å².